The fourth-order valence-electron chi connectivity index (χ4n) is 5.42. The van der Waals surface area contributed by atoms with Crippen LogP contribution in [0, 0.1) is 5.92 Å². The summed E-state index contributed by atoms with van der Waals surface area (Å²) in [4.78, 5) is 24.2. The fourth-order valence-corrected chi connectivity index (χ4v) is 6.66. The van der Waals surface area contributed by atoms with Gasteiger partial charge in [-0.2, -0.15) is 0 Å². The number of nitrogens with one attached hydrogen (secondary N) is 2. The van der Waals surface area contributed by atoms with Crippen molar-refractivity contribution in [2.75, 3.05) is 50.6 Å². The minimum absolute atomic E-state index is 0.107. The molecule has 6 heterocycles. The molecule has 2 saturated heterocycles. The van der Waals surface area contributed by atoms with Crippen LogP contribution < -0.4 is 10.1 Å². The highest BCUT2D eigenvalue weighted by atomic mass is 32.2. The lowest BCUT2D eigenvalue weighted by molar-refractivity contribution is -0.114. The third-order valence-corrected chi connectivity index (χ3v) is 9.35. The summed E-state index contributed by atoms with van der Waals surface area (Å²) in [5.74, 6) is 1.24. The Morgan fingerprint density at radius 3 is 2.89 bits per heavy atom. The Balaban J connectivity index is 1.36. The van der Waals surface area contributed by atoms with Crippen LogP contribution in [-0.4, -0.2) is 78.9 Å². The number of sulfonamides is 1. The summed E-state index contributed by atoms with van der Waals surface area (Å²) in [5.41, 5.74) is 3.62. The molecular formula is C26H31N5O6S. The molecule has 3 aliphatic rings. The van der Waals surface area contributed by atoms with E-state index in [-0.39, 0.29) is 17.6 Å². The molecule has 3 aromatic rings. The van der Waals surface area contributed by atoms with Crippen LogP contribution in [0.25, 0.3) is 22.2 Å². The third-order valence-electron chi connectivity index (χ3n) is 7.53. The van der Waals surface area contributed by atoms with Gasteiger partial charge in [0.15, 0.2) is 0 Å². The first-order valence-electron chi connectivity index (χ1n) is 12.9. The van der Waals surface area contributed by atoms with E-state index < -0.39 is 15.6 Å². The van der Waals surface area contributed by atoms with Gasteiger partial charge in [0, 0.05) is 74.2 Å². The number of carbonyl (C=O) groups excluding carboxylic acids is 1. The summed E-state index contributed by atoms with van der Waals surface area (Å²) in [6.45, 7) is 6.06. The minimum Gasteiger partial charge on any atom is -0.493 e. The molecule has 3 aliphatic heterocycles. The van der Waals surface area contributed by atoms with Crippen molar-refractivity contribution in [3.8, 4) is 17.0 Å². The number of ether oxygens (including phenoxy) is 3. The molecule has 2 N–H and O–H groups in total. The molecule has 1 atom stereocenters. The summed E-state index contributed by atoms with van der Waals surface area (Å²) in [6.07, 6.45) is 4.95. The number of carbonyl (C=O) groups is 1. The smallest absolute Gasteiger partial charge is 0.222 e. The Kier molecular flexibility index (Phi) is 6.37. The molecular weight excluding hydrogens is 510 g/mol. The van der Waals surface area contributed by atoms with E-state index in [1.165, 1.54) is 11.2 Å². The predicted octanol–water partition coefficient (Wildman–Crippen LogP) is 2.43. The number of aromatic nitrogens is 3. The number of H-pyrrole nitrogens is 1. The summed E-state index contributed by atoms with van der Waals surface area (Å²) >= 11 is 0. The number of aromatic amines is 1. The Labute approximate surface area is 220 Å². The van der Waals surface area contributed by atoms with Gasteiger partial charge in [-0.25, -0.2) is 22.7 Å². The lowest BCUT2D eigenvalue weighted by Gasteiger charge is -2.38. The number of hydrogen-bond acceptors (Lipinski definition) is 8. The van der Waals surface area contributed by atoms with E-state index in [1.54, 1.807) is 13.1 Å². The second-order valence-corrected chi connectivity index (χ2v) is 12.4. The molecule has 0 aromatic carbocycles. The van der Waals surface area contributed by atoms with Gasteiger partial charge < -0.3 is 24.5 Å². The molecule has 2 fully saturated rings. The Hall–Kier alpha value is -3.06. The van der Waals surface area contributed by atoms with Gasteiger partial charge in [-0.1, -0.05) is 0 Å². The first-order chi connectivity index (χ1) is 18.3. The van der Waals surface area contributed by atoms with E-state index >= 15 is 0 Å². The molecule has 1 amide bonds. The summed E-state index contributed by atoms with van der Waals surface area (Å²) in [7, 11) is -3.17. The molecule has 38 heavy (non-hydrogen) atoms. The van der Waals surface area contributed by atoms with Crippen LogP contribution in [0.1, 0.15) is 31.5 Å². The minimum atomic E-state index is -3.17. The van der Waals surface area contributed by atoms with Gasteiger partial charge in [-0.15, -0.1) is 0 Å². The van der Waals surface area contributed by atoms with E-state index in [2.05, 4.69) is 15.3 Å². The van der Waals surface area contributed by atoms with Crippen molar-refractivity contribution in [2.24, 2.45) is 5.92 Å². The van der Waals surface area contributed by atoms with Crippen molar-refractivity contribution < 1.29 is 27.4 Å². The van der Waals surface area contributed by atoms with Crippen LogP contribution in [0.2, 0.25) is 0 Å². The molecule has 1 unspecified atom stereocenters. The molecule has 11 nitrogen and oxygen atoms in total. The number of fused-ring (bicyclic) bond motifs is 3. The summed E-state index contributed by atoms with van der Waals surface area (Å²) < 4.78 is 44.2. The molecule has 12 heteroatoms. The monoisotopic (exact) mass is 541 g/mol. The van der Waals surface area contributed by atoms with E-state index in [4.69, 9.17) is 19.2 Å². The maximum absolute atomic E-state index is 12.1. The molecule has 0 aliphatic carbocycles. The molecule has 0 radical (unpaired) electrons. The van der Waals surface area contributed by atoms with Gasteiger partial charge in [-0.3, -0.25) is 4.79 Å². The summed E-state index contributed by atoms with van der Waals surface area (Å²) in [6, 6.07) is 3.78. The second-order valence-electron chi connectivity index (χ2n) is 10.1. The van der Waals surface area contributed by atoms with Crippen LogP contribution in [0.15, 0.2) is 24.5 Å². The maximum Gasteiger partial charge on any atom is 0.222 e. The van der Waals surface area contributed by atoms with Crippen LogP contribution in [0.3, 0.4) is 0 Å². The normalized spacial score (nSPS) is 21.9. The molecule has 3 aromatic heterocycles. The number of nitrogens with zero attached hydrogens (tertiary/aromatic N) is 3. The van der Waals surface area contributed by atoms with Crippen LogP contribution in [-0.2, 0) is 36.3 Å². The van der Waals surface area contributed by atoms with Crippen LogP contribution in [0.4, 0.5) is 5.82 Å². The van der Waals surface area contributed by atoms with Crippen molar-refractivity contribution in [3.05, 3.63) is 35.8 Å². The Bertz CT molecular complexity index is 1490. The quantitative estimate of drug-likeness (QED) is 0.466. The third kappa shape index (κ3) is 4.45. The molecule has 202 valence electrons. The van der Waals surface area contributed by atoms with Gasteiger partial charge in [0.2, 0.25) is 15.9 Å². The van der Waals surface area contributed by atoms with Crippen molar-refractivity contribution in [3.63, 3.8) is 0 Å². The van der Waals surface area contributed by atoms with Gasteiger partial charge >= 0.3 is 0 Å². The highest BCUT2D eigenvalue weighted by molar-refractivity contribution is 7.89. The number of anilines is 1. The largest absolute Gasteiger partial charge is 0.493 e. The highest BCUT2D eigenvalue weighted by Crippen LogP contribution is 2.44. The van der Waals surface area contributed by atoms with Gasteiger partial charge in [0.05, 0.1) is 48.7 Å². The lowest BCUT2D eigenvalue weighted by Crippen LogP contribution is -2.52. The van der Waals surface area contributed by atoms with Crippen molar-refractivity contribution in [1.82, 2.24) is 19.3 Å². The fraction of sp³-hybridized carbons (Fsp3) is 0.500. The zero-order chi connectivity index (χ0) is 26.5. The van der Waals surface area contributed by atoms with E-state index in [0.29, 0.717) is 63.9 Å². The highest BCUT2D eigenvalue weighted by Gasteiger charge is 2.45. The zero-order valence-electron chi connectivity index (χ0n) is 21.5. The number of rotatable bonds is 7. The van der Waals surface area contributed by atoms with Crippen LogP contribution >= 0.6 is 0 Å². The number of amides is 1. The van der Waals surface area contributed by atoms with Gasteiger partial charge in [0.1, 0.15) is 17.2 Å². The molecule has 0 bridgehead atoms. The Morgan fingerprint density at radius 2 is 2.16 bits per heavy atom. The van der Waals surface area contributed by atoms with Gasteiger partial charge in [-0.05, 0) is 13.0 Å². The number of pyridine rings is 2. The average Bonchev–Trinajstić information content (AvgIpc) is 3.50. The first kappa shape index (κ1) is 25.2. The van der Waals surface area contributed by atoms with E-state index in [9.17, 15) is 13.2 Å². The van der Waals surface area contributed by atoms with E-state index in [0.717, 1.165) is 33.5 Å². The predicted molar refractivity (Wildman–Crippen MR) is 140 cm³/mol. The van der Waals surface area contributed by atoms with Crippen molar-refractivity contribution >= 4 is 32.7 Å². The van der Waals surface area contributed by atoms with Crippen LogP contribution in [0.5, 0.6) is 5.75 Å². The summed E-state index contributed by atoms with van der Waals surface area (Å²) in [5, 5.41) is 3.61. The SMILES string of the molecule is CCS(=O)(=O)N1CC(COc2cc(-c3c[nH]c4cnc(NC(C)=O)cc34)nc3c2CCOC32CCOC2)C1. The standard InChI is InChI=1S/C26H31N5O6S/c1-3-38(33,34)31-12-17(13-31)14-36-23-9-21(30-25-18(23)4-6-37-26(25)5-7-35-15-26)20-10-27-22-11-28-24(8-19(20)22)29-16(2)32/h8-11,17,27H,3-7,12-15H2,1-2H3,(H,28,29,32). The first-order valence-corrected chi connectivity index (χ1v) is 14.5. The Morgan fingerprint density at radius 1 is 1.32 bits per heavy atom. The van der Waals surface area contributed by atoms with Gasteiger partial charge in [0.25, 0.3) is 0 Å². The molecule has 0 saturated carbocycles. The second kappa shape index (κ2) is 9.60. The molecule has 6 rings (SSSR count). The van der Waals surface area contributed by atoms with E-state index in [1.807, 2.05) is 18.3 Å². The van der Waals surface area contributed by atoms with Crippen molar-refractivity contribution in [2.45, 2.75) is 32.3 Å². The number of hydrogen-bond donors (Lipinski definition) is 2. The zero-order valence-corrected chi connectivity index (χ0v) is 22.3. The maximum atomic E-state index is 12.1. The average molecular weight is 542 g/mol. The molecule has 1 spiro atoms. The topological polar surface area (TPSA) is 136 Å². The lowest BCUT2D eigenvalue weighted by atomic mass is 9.89. The van der Waals surface area contributed by atoms with Crippen molar-refractivity contribution in [1.29, 1.82) is 0 Å².